The molecule has 1 amide bonds. The summed E-state index contributed by atoms with van der Waals surface area (Å²) in [6.07, 6.45) is 1.85. The molecule has 0 bridgehead atoms. The van der Waals surface area contributed by atoms with Crippen molar-refractivity contribution in [1.29, 1.82) is 0 Å². The number of hydrogen-bond acceptors (Lipinski definition) is 4. The number of rotatable bonds is 5. The van der Waals surface area contributed by atoms with E-state index in [0.717, 1.165) is 16.7 Å². The number of nitrogens with zero attached hydrogens (tertiary/aromatic N) is 2. The lowest BCUT2D eigenvalue weighted by molar-refractivity contribution is -0.139. The molecule has 2 heterocycles. The average Bonchev–Trinajstić information content (AvgIpc) is 3.04. The summed E-state index contributed by atoms with van der Waals surface area (Å²) in [6.45, 7) is 0.429. The van der Waals surface area contributed by atoms with Gasteiger partial charge in [0.1, 0.15) is 11.2 Å². The highest BCUT2D eigenvalue weighted by atomic mass is 19.1. The summed E-state index contributed by atoms with van der Waals surface area (Å²) in [4.78, 5) is 12.9. The van der Waals surface area contributed by atoms with Gasteiger partial charge in [0.2, 0.25) is 5.91 Å². The molecule has 1 saturated heterocycles. The lowest BCUT2D eigenvalue weighted by Crippen LogP contribution is -2.55. The molecule has 1 fully saturated rings. The molecule has 3 aromatic rings. The lowest BCUT2D eigenvalue weighted by Gasteiger charge is -2.40. The third kappa shape index (κ3) is 3.19. The Morgan fingerprint density at radius 3 is 2.46 bits per heavy atom. The summed E-state index contributed by atoms with van der Waals surface area (Å²) in [6, 6.07) is 13.3. The normalized spacial score (nSPS) is 15.1. The minimum absolute atomic E-state index is 0.143. The number of benzene rings is 2. The Morgan fingerprint density at radius 1 is 1.21 bits per heavy atom. The number of carbonyl (C=O) groups excluding carboxylic acids is 1. The Kier molecular flexibility index (Phi) is 4.70. The van der Waals surface area contributed by atoms with Gasteiger partial charge in [-0.2, -0.15) is 5.10 Å². The van der Waals surface area contributed by atoms with Crippen molar-refractivity contribution in [1.82, 2.24) is 9.78 Å². The number of amides is 1. The van der Waals surface area contributed by atoms with Crippen LogP contribution in [0, 0.1) is 5.82 Å². The highest BCUT2D eigenvalue weighted by Crippen LogP contribution is 2.35. The van der Waals surface area contributed by atoms with Gasteiger partial charge in [-0.25, -0.2) is 4.39 Å². The Labute approximate surface area is 161 Å². The van der Waals surface area contributed by atoms with E-state index in [9.17, 15) is 14.3 Å². The molecule has 0 radical (unpaired) electrons. The predicted octanol–water partition coefficient (Wildman–Crippen LogP) is 2.63. The van der Waals surface area contributed by atoms with Crippen LogP contribution in [0.25, 0.3) is 11.1 Å². The van der Waals surface area contributed by atoms with Crippen molar-refractivity contribution in [2.75, 3.05) is 18.5 Å². The van der Waals surface area contributed by atoms with Gasteiger partial charge in [0.25, 0.3) is 0 Å². The third-order valence-electron chi connectivity index (χ3n) is 5.04. The first-order valence-electron chi connectivity index (χ1n) is 8.91. The largest absolute Gasteiger partial charge is 0.390 e. The van der Waals surface area contributed by atoms with Crippen molar-refractivity contribution < 1.29 is 19.0 Å². The Hall–Kier alpha value is -3.03. The minimum atomic E-state index is -0.776. The molecule has 0 saturated carbocycles. The maximum absolute atomic E-state index is 13.1. The van der Waals surface area contributed by atoms with E-state index in [1.165, 1.54) is 24.3 Å². The van der Waals surface area contributed by atoms with Gasteiger partial charge in [0.05, 0.1) is 25.5 Å². The van der Waals surface area contributed by atoms with E-state index in [2.05, 4.69) is 10.4 Å². The van der Waals surface area contributed by atoms with Crippen LogP contribution in [0.4, 0.5) is 10.1 Å². The SMILES string of the molecule is Cn1cc(-c2ccc(C3(C(=O)Nc4ccc(F)cc4)COC3)cc2)c(CO)n1. The van der Waals surface area contributed by atoms with Crippen LogP contribution < -0.4 is 5.32 Å². The zero-order valence-electron chi connectivity index (χ0n) is 15.4. The standard InChI is InChI=1S/C21H20FN3O3/c1-25-10-18(19(11-26)24-25)14-2-4-15(5-3-14)21(12-28-13-21)20(27)23-17-8-6-16(22)7-9-17/h2-10,26H,11-13H2,1H3,(H,23,27). The topological polar surface area (TPSA) is 76.4 Å². The van der Waals surface area contributed by atoms with Gasteiger partial charge in [-0.15, -0.1) is 0 Å². The molecule has 0 unspecified atom stereocenters. The van der Waals surface area contributed by atoms with E-state index in [1.807, 2.05) is 30.5 Å². The summed E-state index contributed by atoms with van der Waals surface area (Å²) in [5.41, 5.74) is 2.98. The predicted molar refractivity (Wildman–Crippen MR) is 102 cm³/mol. The fourth-order valence-corrected chi connectivity index (χ4v) is 3.38. The Morgan fingerprint density at radius 2 is 1.89 bits per heavy atom. The molecule has 1 aliphatic heterocycles. The van der Waals surface area contributed by atoms with Crippen LogP contribution in [-0.2, 0) is 28.6 Å². The van der Waals surface area contributed by atoms with Crippen molar-refractivity contribution in [2.24, 2.45) is 7.05 Å². The number of aliphatic hydroxyl groups excluding tert-OH is 1. The van der Waals surface area contributed by atoms with Gasteiger partial charge in [-0.05, 0) is 35.4 Å². The minimum Gasteiger partial charge on any atom is -0.390 e. The molecule has 2 aromatic carbocycles. The van der Waals surface area contributed by atoms with Crippen LogP contribution in [0.15, 0.2) is 54.7 Å². The van der Waals surface area contributed by atoms with Gasteiger partial charge < -0.3 is 15.2 Å². The first-order chi connectivity index (χ1) is 13.5. The first-order valence-corrected chi connectivity index (χ1v) is 8.91. The van der Waals surface area contributed by atoms with Crippen molar-refractivity contribution in [2.45, 2.75) is 12.0 Å². The van der Waals surface area contributed by atoms with Crippen LogP contribution in [0.5, 0.6) is 0 Å². The molecule has 144 valence electrons. The van der Waals surface area contributed by atoms with Gasteiger partial charge in [0.15, 0.2) is 0 Å². The van der Waals surface area contributed by atoms with Crippen molar-refractivity contribution >= 4 is 11.6 Å². The van der Waals surface area contributed by atoms with Crippen molar-refractivity contribution in [3.63, 3.8) is 0 Å². The summed E-state index contributed by atoms with van der Waals surface area (Å²) < 4.78 is 20.1. The number of carbonyl (C=O) groups is 1. The molecule has 0 spiro atoms. The fourth-order valence-electron chi connectivity index (χ4n) is 3.38. The fraction of sp³-hybridized carbons (Fsp3) is 0.238. The Bertz CT molecular complexity index is 993. The molecule has 1 aromatic heterocycles. The number of hydrogen-bond donors (Lipinski definition) is 2. The van der Waals surface area contributed by atoms with E-state index in [0.29, 0.717) is 11.4 Å². The second-order valence-electron chi connectivity index (χ2n) is 6.93. The second-order valence-corrected chi connectivity index (χ2v) is 6.93. The number of anilines is 1. The van der Waals surface area contributed by atoms with Crippen LogP contribution in [0.3, 0.4) is 0 Å². The van der Waals surface area contributed by atoms with Gasteiger partial charge in [0, 0.05) is 24.5 Å². The molecule has 0 aliphatic carbocycles. The van der Waals surface area contributed by atoms with Crippen molar-refractivity contribution in [3.8, 4) is 11.1 Å². The maximum atomic E-state index is 13.1. The van der Waals surface area contributed by atoms with E-state index in [-0.39, 0.29) is 31.5 Å². The molecular formula is C21H20FN3O3. The Balaban J connectivity index is 1.59. The zero-order chi connectivity index (χ0) is 19.7. The second kappa shape index (κ2) is 7.18. The molecule has 1 aliphatic rings. The smallest absolute Gasteiger partial charge is 0.239 e. The van der Waals surface area contributed by atoms with Gasteiger partial charge in [-0.3, -0.25) is 9.48 Å². The number of aryl methyl sites for hydroxylation is 1. The summed E-state index contributed by atoms with van der Waals surface area (Å²) in [7, 11) is 1.80. The maximum Gasteiger partial charge on any atom is 0.239 e. The number of nitrogens with one attached hydrogen (secondary N) is 1. The number of aliphatic hydroxyl groups is 1. The van der Waals surface area contributed by atoms with E-state index in [4.69, 9.17) is 4.74 Å². The molecule has 7 heteroatoms. The van der Waals surface area contributed by atoms with E-state index in [1.54, 1.807) is 11.7 Å². The van der Waals surface area contributed by atoms with E-state index < -0.39 is 5.41 Å². The number of halogens is 1. The van der Waals surface area contributed by atoms with Gasteiger partial charge >= 0.3 is 0 Å². The molecule has 28 heavy (non-hydrogen) atoms. The summed E-state index contributed by atoms with van der Waals surface area (Å²) in [5.74, 6) is -0.538. The van der Waals surface area contributed by atoms with Crippen LogP contribution >= 0.6 is 0 Å². The quantitative estimate of drug-likeness (QED) is 0.712. The number of ether oxygens (including phenoxy) is 1. The van der Waals surface area contributed by atoms with Gasteiger partial charge in [-0.1, -0.05) is 24.3 Å². The molecule has 6 nitrogen and oxygen atoms in total. The number of aromatic nitrogens is 2. The highest BCUT2D eigenvalue weighted by molar-refractivity contribution is 6.00. The summed E-state index contributed by atoms with van der Waals surface area (Å²) in [5, 5.41) is 16.6. The molecule has 4 rings (SSSR count). The highest BCUT2D eigenvalue weighted by Gasteiger charge is 2.47. The van der Waals surface area contributed by atoms with Crippen LogP contribution in [0.2, 0.25) is 0 Å². The first kappa shape index (κ1) is 18.3. The monoisotopic (exact) mass is 381 g/mol. The molecule has 2 N–H and O–H groups in total. The molecule has 0 atom stereocenters. The lowest BCUT2D eigenvalue weighted by atomic mass is 9.77. The zero-order valence-corrected chi connectivity index (χ0v) is 15.4. The van der Waals surface area contributed by atoms with Crippen LogP contribution in [0.1, 0.15) is 11.3 Å². The summed E-state index contributed by atoms with van der Waals surface area (Å²) >= 11 is 0. The average molecular weight is 381 g/mol. The molecular weight excluding hydrogens is 361 g/mol. The van der Waals surface area contributed by atoms with Crippen molar-refractivity contribution in [3.05, 3.63) is 71.8 Å². The van der Waals surface area contributed by atoms with E-state index >= 15 is 0 Å². The third-order valence-corrected chi connectivity index (χ3v) is 5.04. The van der Waals surface area contributed by atoms with Crippen LogP contribution in [-0.4, -0.2) is 34.0 Å².